The number of aromatic nitrogens is 3. The van der Waals surface area contributed by atoms with Crippen molar-refractivity contribution in [3.05, 3.63) is 46.6 Å². The second-order valence-electron chi connectivity index (χ2n) is 9.45. The lowest BCUT2D eigenvalue weighted by Gasteiger charge is -2.47. The van der Waals surface area contributed by atoms with Crippen LogP contribution in [0.4, 0.5) is 0 Å². The van der Waals surface area contributed by atoms with E-state index in [1.165, 1.54) is 36.9 Å². The second kappa shape index (κ2) is 11.7. The van der Waals surface area contributed by atoms with Gasteiger partial charge >= 0.3 is 17.6 Å². The van der Waals surface area contributed by atoms with E-state index in [-0.39, 0.29) is 30.2 Å². The highest BCUT2D eigenvalue weighted by atomic mass is 16.8. The van der Waals surface area contributed by atoms with Crippen LogP contribution in [-0.4, -0.2) is 75.6 Å². The van der Waals surface area contributed by atoms with Crippen LogP contribution in [0.1, 0.15) is 39.3 Å². The molecule has 6 atom stereocenters. The minimum absolute atomic E-state index is 0.0324. The first-order valence-electron chi connectivity index (χ1n) is 12.8. The number of esters is 2. The summed E-state index contributed by atoms with van der Waals surface area (Å²) < 4.78 is 41.3. The Morgan fingerprint density at radius 1 is 1.12 bits per heavy atom. The topological polar surface area (TPSA) is 171 Å². The number of carbonyl (C=O) groups is 2. The van der Waals surface area contributed by atoms with Gasteiger partial charge in [-0.2, -0.15) is 0 Å². The molecule has 14 heteroatoms. The van der Waals surface area contributed by atoms with Gasteiger partial charge in [0.25, 0.3) is 0 Å². The predicted molar refractivity (Wildman–Crippen MR) is 133 cm³/mol. The molecule has 0 radical (unpaired) electrons. The lowest BCUT2D eigenvalue weighted by atomic mass is 9.97. The Morgan fingerprint density at radius 3 is 2.65 bits per heavy atom. The quantitative estimate of drug-likeness (QED) is 0.313. The van der Waals surface area contributed by atoms with Crippen LogP contribution in [0.2, 0.25) is 0 Å². The lowest BCUT2D eigenvalue weighted by Crippen LogP contribution is -2.65. The summed E-state index contributed by atoms with van der Waals surface area (Å²) in [6.45, 7) is 4.46. The molecule has 1 unspecified atom stereocenters. The van der Waals surface area contributed by atoms with Gasteiger partial charge in [0.15, 0.2) is 30.5 Å². The van der Waals surface area contributed by atoms with Gasteiger partial charge in [-0.25, -0.2) is 9.48 Å². The zero-order valence-corrected chi connectivity index (χ0v) is 22.1. The van der Waals surface area contributed by atoms with Gasteiger partial charge in [-0.15, -0.1) is 5.10 Å². The van der Waals surface area contributed by atoms with E-state index in [0.29, 0.717) is 17.5 Å². The average molecular weight is 560 g/mol. The van der Waals surface area contributed by atoms with Crippen LogP contribution in [0.5, 0.6) is 5.75 Å². The van der Waals surface area contributed by atoms with Crippen molar-refractivity contribution in [3.8, 4) is 11.4 Å². The molecule has 1 N–H and O–H groups in total. The number of hydrogen-bond donors (Lipinski definition) is 1. The van der Waals surface area contributed by atoms with E-state index in [4.69, 9.17) is 32.8 Å². The first-order valence-corrected chi connectivity index (χ1v) is 12.8. The van der Waals surface area contributed by atoms with Crippen molar-refractivity contribution in [1.29, 1.82) is 0 Å². The number of hydrogen-bond acceptors (Lipinski definition) is 13. The Kier molecular flexibility index (Phi) is 8.12. The molecule has 3 aromatic rings. The van der Waals surface area contributed by atoms with Crippen molar-refractivity contribution in [1.82, 2.24) is 15.0 Å². The third-order valence-corrected chi connectivity index (χ3v) is 6.36. The monoisotopic (exact) mass is 559 g/mol. The van der Waals surface area contributed by atoms with E-state index in [9.17, 15) is 19.5 Å². The Bertz CT molecular complexity index is 1440. The Morgan fingerprint density at radius 2 is 1.90 bits per heavy atom. The summed E-state index contributed by atoms with van der Waals surface area (Å²) in [5, 5.41) is 18.2. The van der Waals surface area contributed by atoms with Gasteiger partial charge in [0.1, 0.15) is 29.2 Å². The van der Waals surface area contributed by atoms with Gasteiger partial charge in [-0.1, -0.05) is 18.6 Å². The maximum atomic E-state index is 12.5. The summed E-state index contributed by atoms with van der Waals surface area (Å²) in [5.74, 6) is -1.25. The predicted octanol–water partition coefficient (Wildman–Crippen LogP) is 1.73. The van der Waals surface area contributed by atoms with Crippen molar-refractivity contribution in [2.24, 2.45) is 0 Å². The van der Waals surface area contributed by atoms with E-state index >= 15 is 0 Å². The number of ether oxygens (including phenoxy) is 6. The fourth-order valence-corrected chi connectivity index (χ4v) is 4.66. The van der Waals surface area contributed by atoms with Crippen LogP contribution in [0.15, 0.2) is 39.7 Å². The van der Waals surface area contributed by atoms with Gasteiger partial charge in [-0.05, 0) is 24.6 Å². The van der Waals surface area contributed by atoms with Gasteiger partial charge in [-0.3, -0.25) is 9.59 Å². The highest BCUT2D eigenvalue weighted by Gasteiger charge is 2.53. The van der Waals surface area contributed by atoms with Crippen molar-refractivity contribution in [2.45, 2.75) is 77.2 Å². The largest absolute Gasteiger partial charge is 0.508 e. The number of benzene rings is 1. The molecule has 1 aromatic carbocycles. The van der Waals surface area contributed by atoms with Crippen molar-refractivity contribution in [2.75, 3.05) is 6.61 Å². The molecule has 4 heterocycles. The Hall–Kier alpha value is -3.85. The van der Waals surface area contributed by atoms with Crippen LogP contribution >= 0.6 is 0 Å². The third kappa shape index (κ3) is 5.99. The molecular weight excluding hydrogens is 530 g/mol. The zero-order valence-electron chi connectivity index (χ0n) is 22.1. The van der Waals surface area contributed by atoms with Crippen LogP contribution in [0.25, 0.3) is 16.7 Å². The SMILES string of the molecule is CCCC1OC[C@H]2O[C@@H](OCc3cn(-c4cc5ccc(O)cc5oc4=O)nn3)[C@H](OC(C)=O)[C@@H](OC(C)=O)[C@@H]2O1. The number of rotatable bonds is 8. The number of phenolic OH excluding ortho intramolecular Hbond substituents is 1. The van der Waals surface area contributed by atoms with Crippen LogP contribution in [0, 0.1) is 0 Å². The molecular formula is C26H29N3O11. The molecule has 5 rings (SSSR count). The standard InChI is InChI=1S/C26H29N3O11/c1-4-5-21-34-12-20-22(40-21)23(36-13(2)30)24(37-14(3)31)26(39-20)35-11-16-10-29(28-27-16)18-8-15-6-7-17(32)9-19(15)38-25(18)33/h6-10,20-24,26,32H,4-5,11-12H2,1-3H3/t20-,21?,22-,23+,24-,26-/m1/s1. The van der Waals surface area contributed by atoms with E-state index in [1.807, 2.05) is 6.92 Å². The molecule has 14 nitrogen and oxygen atoms in total. The van der Waals surface area contributed by atoms with E-state index in [1.54, 1.807) is 12.1 Å². The average Bonchev–Trinajstić information content (AvgIpc) is 3.37. The van der Waals surface area contributed by atoms with Gasteiger partial charge in [0, 0.05) is 25.3 Å². The molecule has 0 bridgehead atoms. The highest BCUT2D eigenvalue weighted by molar-refractivity contribution is 5.79. The smallest absolute Gasteiger partial charge is 0.362 e. The van der Waals surface area contributed by atoms with E-state index in [2.05, 4.69) is 10.3 Å². The normalized spacial score (nSPS) is 26.3. The van der Waals surface area contributed by atoms with E-state index < -0.39 is 54.6 Å². The number of phenols is 1. The minimum Gasteiger partial charge on any atom is -0.508 e. The van der Waals surface area contributed by atoms with Gasteiger partial charge < -0.3 is 37.9 Å². The highest BCUT2D eigenvalue weighted by Crippen LogP contribution is 2.34. The summed E-state index contributed by atoms with van der Waals surface area (Å²) >= 11 is 0. The van der Waals surface area contributed by atoms with Crippen molar-refractivity contribution in [3.63, 3.8) is 0 Å². The minimum atomic E-state index is -1.16. The van der Waals surface area contributed by atoms with E-state index in [0.717, 1.165) is 6.42 Å². The summed E-state index contributed by atoms with van der Waals surface area (Å²) in [4.78, 5) is 36.5. The van der Waals surface area contributed by atoms with Crippen molar-refractivity contribution < 1.29 is 47.5 Å². The summed E-state index contributed by atoms with van der Waals surface area (Å²) in [5.41, 5.74) is -0.0455. The molecule has 2 aromatic heterocycles. The van der Waals surface area contributed by atoms with Crippen LogP contribution < -0.4 is 5.63 Å². The Labute approximate surface area is 227 Å². The van der Waals surface area contributed by atoms with Gasteiger partial charge in [0.2, 0.25) is 0 Å². The first-order chi connectivity index (χ1) is 19.2. The number of carbonyl (C=O) groups excluding carboxylic acids is 2. The fraction of sp³-hybridized carbons (Fsp3) is 0.500. The molecule has 0 spiro atoms. The molecule has 2 fully saturated rings. The lowest BCUT2D eigenvalue weighted by molar-refractivity contribution is -0.362. The molecule has 2 aliphatic rings. The summed E-state index contributed by atoms with van der Waals surface area (Å²) in [7, 11) is 0. The maximum absolute atomic E-state index is 12.5. The summed E-state index contributed by atoms with van der Waals surface area (Å²) in [6, 6.07) is 5.96. The first kappa shape index (κ1) is 27.7. The molecule has 0 aliphatic carbocycles. The van der Waals surface area contributed by atoms with Crippen molar-refractivity contribution >= 4 is 22.9 Å². The molecule has 40 heavy (non-hydrogen) atoms. The molecule has 0 amide bonds. The molecule has 2 aliphatic heterocycles. The molecule has 2 saturated heterocycles. The number of aromatic hydroxyl groups is 1. The zero-order chi connectivity index (χ0) is 28.4. The second-order valence-corrected chi connectivity index (χ2v) is 9.45. The number of fused-ring (bicyclic) bond motifs is 2. The van der Waals surface area contributed by atoms with Crippen LogP contribution in [0.3, 0.4) is 0 Å². The summed E-state index contributed by atoms with van der Waals surface area (Å²) in [6.07, 6.45) is -2.32. The van der Waals surface area contributed by atoms with Gasteiger partial charge in [0.05, 0.1) is 19.4 Å². The third-order valence-electron chi connectivity index (χ3n) is 6.36. The molecule has 0 saturated carbocycles. The maximum Gasteiger partial charge on any atom is 0.362 e. The van der Waals surface area contributed by atoms with Crippen LogP contribution in [-0.2, 0) is 44.6 Å². The number of nitrogens with zero attached hydrogens (tertiary/aromatic N) is 3. The molecule has 214 valence electrons. The fourth-order valence-electron chi connectivity index (χ4n) is 4.66. The Balaban J connectivity index is 1.35.